The Morgan fingerprint density at radius 3 is 1.29 bits per heavy atom. The quantitative estimate of drug-likeness (QED) is 0.135. The predicted molar refractivity (Wildman–Crippen MR) is 279 cm³/mol. The van der Waals surface area contributed by atoms with Crippen molar-refractivity contribution < 1.29 is 4.42 Å². The molecule has 12 aromatic rings. The second kappa shape index (κ2) is 16.8. The van der Waals surface area contributed by atoms with Crippen molar-refractivity contribution in [3.8, 4) is 67.0 Å². The van der Waals surface area contributed by atoms with Gasteiger partial charge in [0.25, 0.3) is 0 Å². The van der Waals surface area contributed by atoms with E-state index in [-0.39, 0.29) is 0 Å². The molecular formula is C64H43NO. The third-order valence-corrected chi connectivity index (χ3v) is 12.9. The Morgan fingerprint density at radius 2 is 0.682 bits per heavy atom. The van der Waals surface area contributed by atoms with Crippen LogP contribution in [0, 0.1) is 0 Å². The Morgan fingerprint density at radius 1 is 0.258 bits per heavy atom. The minimum atomic E-state index is 0.877. The van der Waals surface area contributed by atoms with Gasteiger partial charge in [-0.2, -0.15) is 0 Å². The summed E-state index contributed by atoms with van der Waals surface area (Å²) in [5.74, 6) is 0.877. The van der Waals surface area contributed by atoms with Gasteiger partial charge in [0.1, 0.15) is 11.3 Å². The van der Waals surface area contributed by atoms with E-state index in [0.29, 0.717) is 0 Å². The molecular weight excluding hydrogens is 799 g/mol. The normalized spacial score (nSPS) is 11.3. The second-order valence-corrected chi connectivity index (χ2v) is 16.9. The van der Waals surface area contributed by atoms with E-state index in [1.807, 2.05) is 6.07 Å². The van der Waals surface area contributed by atoms with Crippen LogP contribution in [0.3, 0.4) is 0 Å². The molecule has 0 bridgehead atoms. The fourth-order valence-corrected chi connectivity index (χ4v) is 9.63. The van der Waals surface area contributed by atoms with E-state index in [0.717, 1.165) is 61.6 Å². The predicted octanol–water partition coefficient (Wildman–Crippen LogP) is 18.2. The molecule has 310 valence electrons. The highest BCUT2D eigenvalue weighted by atomic mass is 16.3. The molecule has 0 unspecified atom stereocenters. The highest BCUT2D eigenvalue weighted by Crippen LogP contribution is 2.43. The molecule has 2 nitrogen and oxygen atoms in total. The molecule has 12 rings (SSSR count). The Hall–Kier alpha value is -8.72. The van der Waals surface area contributed by atoms with E-state index in [4.69, 9.17) is 4.42 Å². The molecule has 0 radical (unpaired) electrons. The number of hydrogen-bond acceptors (Lipinski definition) is 2. The zero-order chi connectivity index (χ0) is 43.8. The van der Waals surface area contributed by atoms with Crippen LogP contribution in [0.25, 0.3) is 99.5 Å². The Kier molecular flexibility index (Phi) is 9.89. The maximum absolute atomic E-state index is 6.61. The van der Waals surface area contributed by atoms with Gasteiger partial charge in [0, 0.05) is 33.6 Å². The molecule has 11 aromatic carbocycles. The summed E-state index contributed by atoms with van der Waals surface area (Å²) < 4.78 is 6.61. The lowest BCUT2D eigenvalue weighted by Crippen LogP contribution is -2.09. The average molecular weight is 842 g/mol. The first-order valence-corrected chi connectivity index (χ1v) is 22.6. The third kappa shape index (κ3) is 7.21. The van der Waals surface area contributed by atoms with Gasteiger partial charge in [-0.25, -0.2) is 0 Å². The van der Waals surface area contributed by atoms with Crippen LogP contribution in [-0.4, -0.2) is 0 Å². The number of para-hydroxylation sites is 1. The van der Waals surface area contributed by atoms with Crippen molar-refractivity contribution in [2.45, 2.75) is 0 Å². The number of rotatable bonds is 9. The molecule has 1 heterocycles. The molecule has 0 saturated heterocycles. The number of nitrogens with zero attached hydrogens (tertiary/aromatic N) is 1. The fourth-order valence-electron chi connectivity index (χ4n) is 9.63. The van der Waals surface area contributed by atoms with E-state index in [1.54, 1.807) is 0 Å². The van der Waals surface area contributed by atoms with Crippen LogP contribution in [-0.2, 0) is 0 Å². The van der Waals surface area contributed by atoms with Gasteiger partial charge in [0.15, 0.2) is 0 Å². The summed E-state index contributed by atoms with van der Waals surface area (Å²) in [6, 6.07) is 93.7. The number of anilines is 3. The summed E-state index contributed by atoms with van der Waals surface area (Å²) in [4.78, 5) is 2.35. The zero-order valence-electron chi connectivity index (χ0n) is 36.2. The molecule has 0 aliphatic carbocycles. The minimum absolute atomic E-state index is 0.877. The second-order valence-electron chi connectivity index (χ2n) is 16.9. The van der Waals surface area contributed by atoms with Gasteiger partial charge in [-0.1, -0.05) is 200 Å². The van der Waals surface area contributed by atoms with E-state index < -0.39 is 0 Å². The molecule has 0 N–H and O–H groups in total. The van der Waals surface area contributed by atoms with Crippen LogP contribution in [0.5, 0.6) is 0 Å². The van der Waals surface area contributed by atoms with Gasteiger partial charge in [0.2, 0.25) is 0 Å². The highest BCUT2D eigenvalue weighted by Gasteiger charge is 2.19. The molecule has 2 heteroatoms. The first-order valence-electron chi connectivity index (χ1n) is 22.6. The largest absolute Gasteiger partial charge is 0.455 e. The van der Waals surface area contributed by atoms with Crippen molar-refractivity contribution in [2.75, 3.05) is 4.90 Å². The van der Waals surface area contributed by atoms with Crippen LogP contribution in [0.15, 0.2) is 265 Å². The Bertz CT molecular complexity index is 3660. The maximum Gasteiger partial charge on any atom is 0.143 e. The van der Waals surface area contributed by atoms with Crippen LogP contribution < -0.4 is 4.90 Å². The number of fused-ring (bicyclic) bond motifs is 4. The number of furan rings is 1. The van der Waals surface area contributed by atoms with E-state index in [2.05, 4.69) is 260 Å². The first-order chi connectivity index (χ1) is 32.7. The molecule has 0 atom stereocenters. The summed E-state index contributed by atoms with van der Waals surface area (Å²) in [5, 5.41) is 6.15. The fraction of sp³-hybridized carbons (Fsp3) is 0. The monoisotopic (exact) mass is 841 g/mol. The van der Waals surface area contributed by atoms with Gasteiger partial charge >= 0.3 is 0 Å². The summed E-state index contributed by atoms with van der Waals surface area (Å²) in [5.41, 5.74) is 16.9. The van der Waals surface area contributed by atoms with E-state index in [1.165, 1.54) is 54.9 Å². The highest BCUT2D eigenvalue weighted by molar-refractivity contribution is 6.14. The summed E-state index contributed by atoms with van der Waals surface area (Å²) in [6.07, 6.45) is 0. The van der Waals surface area contributed by atoms with Crippen LogP contribution in [0.2, 0.25) is 0 Å². The van der Waals surface area contributed by atoms with Crippen molar-refractivity contribution in [1.82, 2.24) is 0 Å². The average Bonchev–Trinajstić information content (AvgIpc) is 3.80. The molecule has 0 spiro atoms. The standard InChI is InChI=1S/C64H43NO/c1-3-15-44(16-4-1)49-20-13-21-50(41-49)45-29-35-54(36-30-45)65(56-39-33-47(34-40-56)61-43-52-19-7-8-24-57(52)58-25-9-10-26-59(58)61)55-37-31-46(32-38-55)51-22-14-23-53(42-51)64-63(48-17-5-2-6-18-48)60-27-11-12-28-62(60)66-64/h1-43H. The van der Waals surface area contributed by atoms with Crippen molar-refractivity contribution >= 4 is 49.6 Å². The van der Waals surface area contributed by atoms with Gasteiger partial charge in [-0.05, 0) is 132 Å². The zero-order valence-corrected chi connectivity index (χ0v) is 36.2. The topological polar surface area (TPSA) is 16.4 Å². The molecule has 0 aliphatic rings. The molecule has 0 amide bonds. The molecule has 66 heavy (non-hydrogen) atoms. The van der Waals surface area contributed by atoms with Gasteiger partial charge in [-0.15, -0.1) is 0 Å². The van der Waals surface area contributed by atoms with Gasteiger partial charge in [-0.3, -0.25) is 0 Å². The molecule has 0 saturated carbocycles. The lowest BCUT2D eigenvalue weighted by Gasteiger charge is -2.26. The molecule has 0 aliphatic heterocycles. The first kappa shape index (κ1) is 38.9. The van der Waals surface area contributed by atoms with E-state index >= 15 is 0 Å². The Labute approximate surface area is 384 Å². The van der Waals surface area contributed by atoms with Crippen LogP contribution in [0.4, 0.5) is 17.1 Å². The van der Waals surface area contributed by atoms with Crippen molar-refractivity contribution in [1.29, 1.82) is 0 Å². The summed E-state index contributed by atoms with van der Waals surface area (Å²) in [7, 11) is 0. The summed E-state index contributed by atoms with van der Waals surface area (Å²) in [6.45, 7) is 0. The van der Waals surface area contributed by atoms with Crippen molar-refractivity contribution in [3.05, 3.63) is 261 Å². The minimum Gasteiger partial charge on any atom is -0.455 e. The van der Waals surface area contributed by atoms with Gasteiger partial charge in [0.05, 0.1) is 0 Å². The molecule has 0 fully saturated rings. The Balaban J connectivity index is 0.921. The van der Waals surface area contributed by atoms with E-state index in [9.17, 15) is 0 Å². The van der Waals surface area contributed by atoms with Crippen molar-refractivity contribution in [3.63, 3.8) is 0 Å². The number of benzene rings is 11. The van der Waals surface area contributed by atoms with Crippen LogP contribution >= 0.6 is 0 Å². The lowest BCUT2D eigenvalue weighted by atomic mass is 9.93. The number of hydrogen-bond donors (Lipinski definition) is 0. The van der Waals surface area contributed by atoms with Crippen molar-refractivity contribution in [2.24, 2.45) is 0 Å². The van der Waals surface area contributed by atoms with Crippen LogP contribution in [0.1, 0.15) is 0 Å². The maximum atomic E-state index is 6.61. The third-order valence-electron chi connectivity index (χ3n) is 12.9. The smallest absolute Gasteiger partial charge is 0.143 e. The lowest BCUT2D eigenvalue weighted by molar-refractivity contribution is 0.632. The SMILES string of the molecule is c1ccc(-c2cccc(-c3ccc(N(c4ccc(-c5cccc(-c6oc7ccccc7c6-c6ccccc6)c5)cc4)c4ccc(-c5cc6ccccc6c6ccccc56)cc4)cc3)c2)cc1. The molecule has 1 aromatic heterocycles. The van der Waals surface area contributed by atoms with Gasteiger partial charge < -0.3 is 9.32 Å². The summed E-state index contributed by atoms with van der Waals surface area (Å²) >= 11 is 0.